The average Bonchev–Trinajstić information content (AvgIpc) is 2.66. The van der Waals surface area contributed by atoms with E-state index in [9.17, 15) is 15.0 Å². The molecule has 2 rings (SSSR count). The molecule has 5 heteroatoms. The van der Waals surface area contributed by atoms with Crippen LogP contribution < -0.4 is 0 Å². The molecule has 0 fully saturated rings. The number of carbonyl (C=O) groups is 1. The lowest BCUT2D eigenvalue weighted by atomic mass is 10.1. The monoisotopic (exact) mass is 344 g/mol. The second-order valence-corrected chi connectivity index (χ2v) is 5.75. The number of hydrogen-bond donors (Lipinski definition) is 2. The second kappa shape index (κ2) is 10.7. The van der Waals surface area contributed by atoms with Crippen LogP contribution in [0.5, 0.6) is 0 Å². The third-order valence-electron chi connectivity index (χ3n) is 3.86. The quantitative estimate of drug-likeness (QED) is 0.611. The molecule has 0 aliphatic carbocycles. The fourth-order valence-electron chi connectivity index (χ4n) is 2.49. The van der Waals surface area contributed by atoms with Gasteiger partial charge >= 0.3 is 0 Å². The highest BCUT2D eigenvalue weighted by Gasteiger charge is 2.29. The van der Waals surface area contributed by atoms with Crippen molar-refractivity contribution in [1.29, 1.82) is 0 Å². The lowest BCUT2D eigenvalue weighted by Crippen LogP contribution is -2.43. The Morgan fingerprint density at radius 3 is 1.88 bits per heavy atom. The number of aldehydes is 1. The molecule has 0 saturated carbocycles. The maximum atomic E-state index is 10.8. The lowest BCUT2D eigenvalue weighted by Gasteiger charge is -2.29. The highest BCUT2D eigenvalue weighted by Crippen LogP contribution is 2.16. The summed E-state index contributed by atoms with van der Waals surface area (Å²) >= 11 is 0. The van der Waals surface area contributed by atoms with Gasteiger partial charge in [-0.05, 0) is 11.1 Å². The molecule has 0 bridgehead atoms. The molecule has 2 aromatic carbocycles. The standard InChI is InChI=1S/C20H24O5/c21-12-11-18(23)20(25-15-17-9-5-2-6-10-17)19(13-22)24-14-16-7-3-1-4-8-16/h1-10,12,18-20,22-23H,11,13-15H2/t18-,19-,20+/m1/s1. The molecule has 2 N–H and O–H groups in total. The van der Waals surface area contributed by atoms with E-state index in [1.165, 1.54) is 0 Å². The maximum Gasteiger partial charge on any atom is 0.122 e. The summed E-state index contributed by atoms with van der Waals surface area (Å²) in [5.41, 5.74) is 1.89. The number of hydrogen-bond acceptors (Lipinski definition) is 5. The van der Waals surface area contributed by atoms with Crippen molar-refractivity contribution in [3.05, 3.63) is 71.8 Å². The molecule has 0 heterocycles. The van der Waals surface area contributed by atoms with Gasteiger partial charge in [-0.15, -0.1) is 0 Å². The Kier molecular flexibility index (Phi) is 8.28. The molecule has 2 aromatic rings. The number of ether oxygens (including phenoxy) is 2. The third-order valence-corrected chi connectivity index (χ3v) is 3.86. The van der Waals surface area contributed by atoms with E-state index in [0.717, 1.165) is 11.1 Å². The van der Waals surface area contributed by atoms with Crippen molar-refractivity contribution in [3.63, 3.8) is 0 Å². The first-order valence-corrected chi connectivity index (χ1v) is 8.28. The van der Waals surface area contributed by atoms with Crippen LogP contribution in [0, 0.1) is 0 Å². The van der Waals surface area contributed by atoms with Crippen LogP contribution in [0.2, 0.25) is 0 Å². The minimum atomic E-state index is -1.05. The molecule has 0 aliphatic heterocycles. The Morgan fingerprint density at radius 1 is 0.880 bits per heavy atom. The SMILES string of the molecule is O=CC[C@@H](O)[C@H](OCc1ccccc1)[C@@H](CO)OCc1ccccc1. The number of rotatable bonds is 11. The minimum absolute atomic E-state index is 0.0787. The summed E-state index contributed by atoms with van der Waals surface area (Å²) in [6, 6.07) is 19.0. The normalized spacial score (nSPS) is 14.6. The molecular formula is C20H24O5. The van der Waals surface area contributed by atoms with Gasteiger partial charge in [0.05, 0.1) is 25.9 Å². The molecular weight excluding hydrogens is 320 g/mol. The molecule has 5 nitrogen and oxygen atoms in total. The zero-order chi connectivity index (χ0) is 17.9. The Bertz CT molecular complexity index is 602. The summed E-state index contributed by atoms with van der Waals surface area (Å²) in [5.74, 6) is 0. The van der Waals surface area contributed by atoms with Gasteiger partial charge in [-0.3, -0.25) is 0 Å². The molecule has 0 saturated heterocycles. The van der Waals surface area contributed by atoms with Crippen molar-refractivity contribution in [2.45, 2.75) is 37.9 Å². The van der Waals surface area contributed by atoms with Crippen LogP contribution in [-0.2, 0) is 27.5 Å². The minimum Gasteiger partial charge on any atom is -0.394 e. The van der Waals surface area contributed by atoms with Crippen LogP contribution in [0.25, 0.3) is 0 Å². The fourth-order valence-corrected chi connectivity index (χ4v) is 2.49. The van der Waals surface area contributed by atoms with E-state index in [1.807, 2.05) is 60.7 Å². The van der Waals surface area contributed by atoms with E-state index in [1.54, 1.807) is 0 Å². The van der Waals surface area contributed by atoms with E-state index in [0.29, 0.717) is 6.29 Å². The van der Waals surface area contributed by atoms with E-state index in [4.69, 9.17) is 9.47 Å². The number of carbonyl (C=O) groups excluding carboxylic acids is 1. The summed E-state index contributed by atoms with van der Waals surface area (Å²) in [7, 11) is 0. The summed E-state index contributed by atoms with van der Waals surface area (Å²) < 4.78 is 11.5. The van der Waals surface area contributed by atoms with Crippen molar-refractivity contribution < 1.29 is 24.5 Å². The van der Waals surface area contributed by atoms with Gasteiger partial charge < -0.3 is 24.5 Å². The highest BCUT2D eigenvalue weighted by atomic mass is 16.6. The van der Waals surface area contributed by atoms with Gasteiger partial charge in [0.1, 0.15) is 18.5 Å². The van der Waals surface area contributed by atoms with E-state index < -0.39 is 18.3 Å². The van der Waals surface area contributed by atoms with Crippen molar-refractivity contribution in [3.8, 4) is 0 Å². The van der Waals surface area contributed by atoms with Crippen molar-refractivity contribution >= 4 is 6.29 Å². The predicted molar refractivity (Wildman–Crippen MR) is 93.8 cm³/mol. The van der Waals surface area contributed by atoms with Crippen LogP contribution in [0.1, 0.15) is 17.5 Å². The van der Waals surface area contributed by atoms with Crippen LogP contribution in [0.3, 0.4) is 0 Å². The Morgan fingerprint density at radius 2 is 1.40 bits per heavy atom. The molecule has 0 unspecified atom stereocenters. The molecule has 0 radical (unpaired) electrons. The molecule has 134 valence electrons. The van der Waals surface area contributed by atoms with Gasteiger partial charge in [-0.1, -0.05) is 60.7 Å². The van der Waals surface area contributed by atoms with Gasteiger partial charge in [0.2, 0.25) is 0 Å². The summed E-state index contributed by atoms with van der Waals surface area (Å²) in [6.45, 7) is 0.222. The molecule has 0 aliphatic rings. The first-order valence-electron chi connectivity index (χ1n) is 8.28. The van der Waals surface area contributed by atoms with Gasteiger partial charge in [-0.25, -0.2) is 0 Å². The molecule has 0 spiro atoms. The molecule has 3 atom stereocenters. The number of aliphatic hydroxyl groups is 2. The number of aliphatic hydroxyl groups excluding tert-OH is 2. The Hall–Kier alpha value is -2.05. The van der Waals surface area contributed by atoms with Crippen LogP contribution in [0.4, 0.5) is 0 Å². The zero-order valence-corrected chi connectivity index (χ0v) is 14.0. The first kappa shape index (κ1) is 19.3. The lowest BCUT2D eigenvalue weighted by molar-refractivity contribution is -0.148. The summed E-state index contributed by atoms with van der Waals surface area (Å²) in [4.78, 5) is 10.8. The summed E-state index contributed by atoms with van der Waals surface area (Å²) in [6.07, 6.45) is -2.04. The molecule has 0 aromatic heterocycles. The predicted octanol–water partition coefficient (Wildman–Crippen LogP) is 2.10. The topological polar surface area (TPSA) is 76.0 Å². The van der Waals surface area contributed by atoms with Gasteiger partial charge in [0.25, 0.3) is 0 Å². The highest BCUT2D eigenvalue weighted by molar-refractivity contribution is 5.50. The van der Waals surface area contributed by atoms with Crippen LogP contribution in [0.15, 0.2) is 60.7 Å². The van der Waals surface area contributed by atoms with Crippen molar-refractivity contribution in [2.75, 3.05) is 6.61 Å². The second-order valence-electron chi connectivity index (χ2n) is 5.75. The van der Waals surface area contributed by atoms with Crippen molar-refractivity contribution in [2.24, 2.45) is 0 Å². The molecule has 0 amide bonds. The van der Waals surface area contributed by atoms with E-state index >= 15 is 0 Å². The first-order chi connectivity index (χ1) is 12.2. The van der Waals surface area contributed by atoms with Gasteiger partial charge in [0.15, 0.2) is 0 Å². The third kappa shape index (κ3) is 6.40. The Labute approximate surface area is 147 Å². The van der Waals surface area contributed by atoms with Crippen LogP contribution in [-0.4, -0.2) is 41.4 Å². The fraction of sp³-hybridized carbons (Fsp3) is 0.350. The van der Waals surface area contributed by atoms with Crippen molar-refractivity contribution in [1.82, 2.24) is 0 Å². The van der Waals surface area contributed by atoms with Gasteiger partial charge in [0, 0.05) is 6.42 Å². The van der Waals surface area contributed by atoms with E-state index in [-0.39, 0.29) is 26.2 Å². The number of benzene rings is 2. The summed E-state index contributed by atoms with van der Waals surface area (Å²) in [5, 5.41) is 19.9. The van der Waals surface area contributed by atoms with Gasteiger partial charge in [-0.2, -0.15) is 0 Å². The maximum absolute atomic E-state index is 10.8. The zero-order valence-electron chi connectivity index (χ0n) is 14.0. The van der Waals surface area contributed by atoms with Crippen LogP contribution >= 0.6 is 0 Å². The largest absolute Gasteiger partial charge is 0.394 e. The van der Waals surface area contributed by atoms with E-state index in [2.05, 4.69) is 0 Å². The smallest absolute Gasteiger partial charge is 0.122 e. The average molecular weight is 344 g/mol. The Balaban J connectivity index is 2.01. The molecule has 25 heavy (non-hydrogen) atoms.